The fraction of sp³-hybridized carbons (Fsp3) is 0.304. The van der Waals surface area contributed by atoms with Gasteiger partial charge in [0.2, 0.25) is 0 Å². The number of hydrogen-bond acceptors (Lipinski definition) is 5. The largest absolute Gasteiger partial charge is 0.480 e. The van der Waals surface area contributed by atoms with E-state index in [0.29, 0.717) is 12.2 Å². The lowest BCUT2D eigenvalue weighted by Gasteiger charge is -2.25. The van der Waals surface area contributed by atoms with Gasteiger partial charge in [0.15, 0.2) is 0 Å². The molecule has 0 spiro atoms. The number of carboxylic acid groups (broad SMARTS) is 1. The van der Waals surface area contributed by atoms with Gasteiger partial charge < -0.3 is 20.7 Å². The van der Waals surface area contributed by atoms with Crippen molar-refractivity contribution in [3.05, 3.63) is 71.8 Å². The minimum Gasteiger partial charge on any atom is -0.480 e. The van der Waals surface area contributed by atoms with Gasteiger partial charge in [-0.1, -0.05) is 74.5 Å². The number of esters is 1. The number of rotatable bonds is 7. The van der Waals surface area contributed by atoms with Crippen LogP contribution in [0.1, 0.15) is 31.9 Å². The van der Waals surface area contributed by atoms with E-state index in [1.807, 2.05) is 73.7 Å². The van der Waals surface area contributed by atoms with Crippen molar-refractivity contribution in [3.63, 3.8) is 0 Å². The molecule has 29 heavy (non-hydrogen) atoms. The van der Waals surface area contributed by atoms with Gasteiger partial charge in [-0.3, -0.25) is 4.79 Å². The Labute approximate surface area is 171 Å². The fourth-order valence-corrected chi connectivity index (χ4v) is 2.24. The Kier molecular flexibility index (Phi) is 9.79. The Morgan fingerprint density at radius 2 is 1.59 bits per heavy atom. The van der Waals surface area contributed by atoms with Crippen molar-refractivity contribution >= 4 is 23.6 Å². The molecule has 0 aliphatic rings. The van der Waals surface area contributed by atoms with Crippen LogP contribution in [-0.2, 0) is 14.3 Å². The van der Waals surface area contributed by atoms with E-state index in [1.165, 1.54) is 0 Å². The molecule has 0 heterocycles. The van der Waals surface area contributed by atoms with Crippen LogP contribution in [0.25, 0.3) is 11.6 Å². The first-order valence-electron chi connectivity index (χ1n) is 9.31. The zero-order valence-electron chi connectivity index (χ0n) is 17.0. The number of hydrogen-bond donors (Lipinski definition) is 3. The number of ether oxygens (including phenoxy) is 1. The van der Waals surface area contributed by atoms with Crippen molar-refractivity contribution in [1.82, 2.24) is 0 Å². The van der Waals surface area contributed by atoms with E-state index in [2.05, 4.69) is 0 Å². The summed E-state index contributed by atoms with van der Waals surface area (Å²) >= 11 is 0. The molecule has 2 aromatic carbocycles. The Morgan fingerprint density at radius 1 is 1.07 bits per heavy atom. The minimum atomic E-state index is -1.08. The van der Waals surface area contributed by atoms with E-state index >= 15 is 0 Å². The second kappa shape index (κ2) is 11.8. The third-order valence-corrected chi connectivity index (χ3v) is 4.21. The second-order valence-corrected chi connectivity index (χ2v) is 7.02. The quantitative estimate of drug-likeness (QED) is 0.375. The summed E-state index contributed by atoms with van der Waals surface area (Å²) in [5.74, 6) is -1.38. The van der Waals surface area contributed by atoms with Crippen molar-refractivity contribution in [2.45, 2.75) is 26.8 Å². The summed E-state index contributed by atoms with van der Waals surface area (Å²) in [4.78, 5) is 22.3. The SMILES string of the molecule is CC(C)(CO)C(N)C(=O)O.CCOC(=O)C(=Cc1ccccc1)c1ccccc1. The Hall–Kier alpha value is -2.96. The van der Waals surface area contributed by atoms with Crippen LogP contribution in [0.15, 0.2) is 60.7 Å². The number of aliphatic hydroxyl groups excluding tert-OH is 1. The average Bonchev–Trinajstić information content (AvgIpc) is 2.73. The van der Waals surface area contributed by atoms with E-state index < -0.39 is 17.4 Å². The highest BCUT2D eigenvalue weighted by Crippen LogP contribution is 2.20. The molecule has 6 heteroatoms. The maximum atomic E-state index is 12.1. The van der Waals surface area contributed by atoms with Crippen molar-refractivity contribution < 1.29 is 24.5 Å². The molecule has 6 nitrogen and oxygen atoms in total. The maximum Gasteiger partial charge on any atom is 0.338 e. The van der Waals surface area contributed by atoms with Gasteiger partial charge in [0.25, 0.3) is 0 Å². The first-order valence-corrected chi connectivity index (χ1v) is 9.31. The van der Waals surface area contributed by atoms with Gasteiger partial charge in [-0.15, -0.1) is 0 Å². The summed E-state index contributed by atoms with van der Waals surface area (Å²) in [7, 11) is 0. The molecule has 1 unspecified atom stereocenters. The topological polar surface area (TPSA) is 110 Å². The van der Waals surface area contributed by atoms with Gasteiger partial charge in [-0.25, -0.2) is 4.79 Å². The Morgan fingerprint density at radius 3 is 2.00 bits per heavy atom. The zero-order valence-corrected chi connectivity index (χ0v) is 17.0. The number of carbonyl (C=O) groups excluding carboxylic acids is 1. The van der Waals surface area contributed by atoms with E-state index in [4.69, 9.17) is 20.7 Å². The lowest BCUT2D eigenvalue weighted by molar-refractivity contribution is -0.142. The molecule has 0 aliphatic heterocycles. The Bertz CT molecular complexity index is 801. The van der Waals surface area contributed by atoms with Crippen LogP contribution in [0, 0.1) is 5.41 Å². The molecule has 0 aromatic heterocycles. The zero-order chi connectivity index (χ0) is 21.9. The number of benzene rings is 2. The predicted molar refractivity (Wildman–Crippen MR) is 114 cm³/mol. The standard InChI is InChI=1S/C17H16O2.C6H13NO3/c1-2-19-17(18)16(15-11-7-4-8-12-15)13-14-9-5-3-6-10-14;1-6(2,3-8)4(7)5(9)10/h3-13H,2H2,1H3;4,8H,3,7H2,1-2H3,(H,9,10). The molecule has 0 saturated carbocycles. The number of aliphatic hydroxyl groups is 1. The fourth-order valence-electron chi connectivity index (χ4n) is 2.24. The second-order valence-electron chi connectivity index (χ2n) is 7.02. The third-order valence-electron chi connectivity index (χ3n) is 4.21. The first kappa shape index (κ1) is 24.1. The van der Waals surface area contributed by atoms with Gasteiger partial charge in [-0.2, -0.15) is 0 Å². The van der Waals surface area contributed by atoms with Crippen LogP contribution in [0.2, 0.25) is 0 Å². The molecule has 0 amide bonds. The number of carboxylic acids is 1. The van der Waals surface area contributed by atoms with Crippen molar-refractivity contribution in [3.8, 4) is 0 Å². The molecular formula is C23H29NO5. The van der Waals surface area contributed by atoms with Gasteiger partial charge >= 0.3 is 11.9 Å². The van der Waals surface area contributed by atoms with Crippen LogP contribution in [0.3, 0.4) is 0 Å². The normalized spacial score (nSPS) is 12.4. The molecule has 2 rings (SSSR count). The highest BCUT2D eigenvalue weighted by Gasteiger charge is 2.30. The molecule has 0 aliphatic carbocycles. The van der Waals surface area contributed by atoms with Crippen LogP contribution >= 0.6 is 0 Å². The van der Waals surface area contributed by atoms with Gasteiger partial charge in [0.05, 0.1) is 18.8 Å². The summed E-state index contributed by atoms with van der Waals surface area (Å²) in [6.07, 6.45) is 1.85. The summed E-state index contributed by atoms with van der Waals surface area (Å²) in [6.45, 7) is 5.17. The van der Waals surface area contributed by atoms with Crippen LogP contribution in [0.5, 0.6) is 0 Å². The molecule has 2 aromatic rings. The molecule has 1 atom stereocenters. The highest BCUT2D eigenvalue weighted by molar-refractivity contribution is 6.21. The number of nitrogens with two attached hydrogens (primary N) is 1. The maximum absolute atomic E-state index is 12.1. The van der Waals surface area contributed by atoms with Gasteiger partial charge in [0.1, 0.15) is 6.04 Å². The van der Waals surface area contributed by atoms with Gasteiger partial charge in [-0.05, 0) is 24.1 Å². The number of aliphatic carboxylic acids is 1. The van der Waals surface area contributed by atoms with E-state index in [9.17, 15) is 9.59 Å². The molecule has 0 saturated heterocycles. The van der Waals surface area contributed by atoms with E-state index in [-0.39, 0.29) is 12.6 Å². The third kappa shape index (κ3) is 7.89. The summed E-state index contributed by atoms with van der Waals surface area (Å²) in [6, 6.07) is 18.3. The van der Waals surface area contributed by atoms with Crippen LogP contribution < -0.4 is 5.73 Å². The van der Waals surface area contributed by atoms with Gasteiger partial charge in [0, 0.05) is 5.41 Å². The highest BCUT2D eigenvalue weighted by atomic mass is 16.5. The van der Waals surface area contributed by atoms with Crippen LogP contribution in [0.4, 0.5) is 0 Å². The molecule has 156 valence electrons. The molecule has 0 radical (unpaired) electrons. The van der Waals surface area contributed by atoms with Crippen molar-refractivity contribution in [2.24, 2.45) is 11.1 Å². The minimum absolute atomic E-state index is 0.222. The summed E-state index contributed by atoms with van der Waals surface area (Å²) < 4.78 is 5.12. The first-order chi connectivity index (χ1) is 13.7. The number of carbonyl (C=O) groups is 2. The molecule has 4 N–H and O–H groups in total. The average molecular weight is 399 g/mol. The van der Waals surface area contributed by atoms with Crippen LogP contribution in [-0.4, -0.2) is 41.4 Å². The predicted octanol–water partition coefficient (Wildman–Crippen LogP) is 3.21. The van der Waals surface area contributed by atoms with E-state index in [0.717, 1.165) is 11.1 Å². The molecule has 0 bridgehead atoms. The molecular weight excluding hydrogens is 370 g/mol. The molecule has 0 fully saturated rings. The van der Waals surface area contributed by atoms with Crippen molar-refractivity contribution in [2.75, 3.05) is 13.2 Å². The summed E-state index contributed by atoms with van der Waals surface area (Å²) in [5, 5.41) is 17.1. The lowest BCUT2D eigenvalue weighted by atomic mass is 9.86. The summed E-state index contributed by atoms with van der Waals surface area (Å²) in [5.41, 5.74) is 6.92. The Balaban J connectivity index is 0.000000359. The monoisotopic (exact) mass is 399 g/mol. The smallest absolute Gasteiger partial charge is 0.338 e. The lowest BCUT2D eigenvalue weighted by Crippen LogP contribution is -2.45. The van der Waals surface area contributed by atoms with Crippen molar-refractivity contribution in [1.29, 1.82) is 0 Å². The van der Waals surface area contributed by atoms with E-state index in [1.54, 1.807) is 13.8 Å².